The van der Waals surface area contributed by atoms with Crippen LogP contribution in [0.2, 0.25) is 0 Å². The maximum atomic E-state index is 4.10. The van der Waals surface area contributed by atoms with Crippen LogP contribution >= 0.6 is 24.8 Å². The van der Waals surface area contributed by atoms with Crippen molar-refractivity contribution >= 4 is 24.8 Å². The summed E-state index contributed by atoms with van der Waals surface area (Å²) >= 11 is 0. The first-order valence-corrected chi connectivity index (χ1v) is 4.52. The summed E-state index contributed by atoms with van der Waals surface area (Å²) in [5.74, 6) is 0. The summed E-state index contributed by atoms with van der Waals surface area (Å²) in [6, 6.07) is 2.03. The molecule has 0 radical (unpaired) electrons. The third-order valence-corrected chi connectivity index (χ3v) is 1.96. The van der Waals surface area contributed by atoms with E-state index < -0.39 is 0 Å². The van der Waals surface area contributed by atoms with Crippen molar-refractivity contribution in [1.29, 1.82) is 0 Å². The molecule has 90 valence electrons. The molecule has 15 heavy (non-hydrogen) atoms. The molecule has 0 aromatic carbocycles. The average molecular weight is 255 g/mol. The van der Waals surface area contributed by atoms with Crippen LogP contribution in [0.3, 0.4) is 0 Å². The molecule has 0 fully saturated rings. The van der Waals surface area contributed by atoms with Crippen LogP contribution in [0.1, 0.15) is 5.69 Å². The molecule has 0 saturated carbocycles. The quantitative estimate of drug-likeness (QED) is 0.794. The van der Waals surface area contributed by atoms with E-state index in [1.165, 1.54) is 5.69 Å². The Morgan fingerprint density at radius 2 is 2.07 bits per heavy atom. The first-order valence-electron chi connectivity index (χ1n) is 4.52. The molecule has 0 amide bonds. The van der Waals surface area contributed by atoms with Gasteiger partial charge in [-0.15, -0.1) is 24.8 Å². The smallest absolute Gasteiger partial charge is 0.0518 e. The van der Waals surface area contributed by atoms with Gasteiger partial charge in [-0.1, -0.05) is 0 Å². The molecular formula is C9H20Cl2N4. The number of nitrogens with zero attached hydrogens (tertiary/aromatic N) is 3. The molecular weight excluding hydrogens is 235 g/mol. The minimum absolute atomic E-state index is 0. The van der Waals surface area contributed by atoms with Crippen molar-refractivity contribution in [1.82, 2.24) is 20.0 Å². The van der Waals surface area contributed by atoms with Gasteiger partial charge in [-0.25, -0.2) is 0 Å². The number of hydrogen-bond acceptors (Lipinski definition) is 3. The largest absolute Gasteiger partial charge is 0.310 e. The summed E-state index contributed by atoms with van der Waals surface area (Å²) in [7, 11) is 6.11. The lowest BCUT2D eigenvalue weighted by Gasteiger charge is -2.10. The van der Waals surface area contributed by atoms with Crippen LogP contribution in [-0.2, 0) is 13.6 Å². The lowest BCUT2D eigenvalue weighted by atomic mass is 10.4. The third-order valence-electron chi connectivity index (χ3n) is 1.96. The normalized spacial score (nSPS) is 9.60. The Morgan fingerprint density at radius 3 is 2.53 bits per heavy atom. The number of halogens is 2. The van der Waals surface area contributed by atoms with E-state index in [1.807, 2.05) is 24.0 Å². The van der Waals surface area contributed by atoms with E-state index >= 15 is 0 Å². The Kier molecular flexibility index (Phi) is 10.2. The molecule has 0 aliphatic carbocycles. The first kappa shape index (κ1) is 17.1. The Morgan fingerprint density at radius 1 is 1.40 bits per heavy atom. The van der Waals surface area contributed by atoms with Crippen molar-refractivity contribution < 1.29 is 0 Å². The van der Waals surface area contributed by atoms with Crippen molar-refractivity contribution in [3.63, 3.8) is 0 Å². The second-order valence-electron chi connectivity index (χ2n) is 3.43. The molecule has 0 bridgehead atoms. The highest BCUT2D eigenvalue weighted by atomic mass is 35.5. The summed E-state index contributed by atoms with van der Waals surface area (Å²) in [6.45, 7) is 2.97. The van der Waals surface area contributed by atoms with Gasteiger partial charge in [-0.05, 0) is 20.2 Å². The molecule has 0 aliphatic rings. The van der Waals surface area contributed by atoms with Crippen LogP contribution in [-0.4, -0.2) is 41.9 Å². The van der Waals surface area contributed by atoms with Gasteiger partial charge in [0, 0.05) is 32.9 Å². The third kappa shape index (κ3) is 6.73. The molecule has 4 nitrogen and oxygen atoms in total. The molecule has 0 atom stereocenters. The Hall–Kier alpha value is -0.290. The predicted octanol–water partition coefficient (Wildman–Crippen LogP) is 0.915. The van der Waals surface area contributed by atoms with Gasteiger partial charge in [0.15, 0.2) is 0 Å². The van der Waals surface area contributed by atoms with E-state index in [-0.39, 0.29) is 24.8 Å². The van der Waals surface area contributed by atoms with Gasteiger partial charge >= 0.3 is 0 Å². The fraction of sp³-hybridized carbons (Fsp3) is 0.667. The van der Waals surface area contributed by atoms with Crippen LogP contribution in [0, 0.1) is 0 Å². The van der Waals surface area contributed by atoms with Crippen molar-refractivity contribution in [2.24, 2.45) is 7.05 Å². The highest BCUT2D eigenvalue weighted by Gasteiger charge is 1.96. The fourth-order valence-corrected chi connectivity index (χ4v) is 1.09. The average Bonchev–Trinajstić information content (AvgIpc) is 2.45. The summed E-state index contributed by atoms with van der Waals surface area (Å²) in [4.78, 5) is 2.16. The van der Waals surface area contributed by atoms with Crippen molar-refractivity contribution in [2.45, 2.75) is 6.54 Å². The van der Waals surface area contributed by atoms with Gasteiger partial charge < -0.3 is 10.2 Å². The molecule has 1 N–H and O–H groups in total. The monoisotopic (exact) mass is 254 g/mol. The van der Waals surface area contributed by atoms with Gasteiger partial charge in [-0.2, -0.15) is 5.10 Å². The van der Waals surface area contributed by atoms with Crippen molar-refractivity contribution in [2.75, 3.05) is 27.2 Å². The van der Waals surface area contributed by atoms with Crippen LogP contribution in [0.25, 0.3) is 0 Å². The van der Waals surface area contributed by atoms with Crippen LogP contribution in [0.15, 0.2) is 12.3 Å². The van der Waals surface area contributed by atoms with Crippen LogP contribution < -0.4 is 5.32 Å². The topological polar surface area (TPSA) is 33.1 Å². The molecule has 0 saturated heterocycles. The number of aromatic nitrogens is 2. The summed E-state index contributed by atoms with van der Waals surface area (Å²) in [5, 5.41) is 7.45. The first-order chi connectivity index (χ1) is 6.20. The summed E-state index contributed by atoms with van der Waals surface area (Å²) < 4.78 is 1.89. The number of nitrogens with one attached hydrogen (secondary N) is 1. The molecule has 1 heterocycles. The predicted molar refractivity (Wildman–Crippen MR) is 68.0 cm³/mol. The lowest BCUT2D eigenvalue weighted by molar-refractivity contribution is 0.398. The summed E-state index contributed by atoms with van der Waals surface area (Å²) in [5.41, 5.74) is 1.22. The zero-order chi connectivity index (χ0) is 9.68. The Balaban J connectivity index is 0. The molecule has 0 unspecified atom stereocenters. The zero-order valence-corrected chi connectivity index (χ0v) is 11.1. The Bertz CT molecular complexity index is 250. The molecule has 0 aliphatic heterocycles. The van der Waals surface area contributed by atoms with E-state index in [0.29, 0.717) is 0 Å². The standard InChI is InChI=1S/C9H18N4.2ClH/c1-12(2)7-6-10-8-9-4-5-11-13(9)3;;/h4-5,10H,6-8H2,1-3H3;2*1H. The van der Waals surface area contributed by atoms with Gasteiger partial charge in [0.25, 0.3) is 0 Å². The van der Waals surface area contributed by atoms with E-state index in [9.17, 15) is 0 Å². The minimum atomic E-state index is 0. The van der Waals surface area contributed by atoms with Crippen LogP contribution in [0.4, 0.5) is 0 Å². The highest BCUT2D eigenvalue weighted by Crippen LogP contribution is 1.94. The van der Waals surface area contributed by atoms with Crippen molar-refractivity contribution in [3.05, 3.63) is 18.0 Å². The van der Waals surface area contributed by atoms with E-state index in [0.717, 1.165) is 19.6 Å². The molecule has 0 spiro atoms. The fourth-order valence-electron chi connectivity index (χ4n) is 1.09. The Labute approximate surface area is 104 Å². The molecule has 6 heteroatoms. The van der Waals surface area contributed by atoms with Crippen molar-refractivity contribution in [3.8, 4) is 0 Å². The lowest BCUT2D eigenvalue weighted by Crippen LogP contribution is -2.26. The van der Waals surface area contributed by atoms with Gasteiger partial charge in [0.1, 0.15) is 0 Å². The number of hydrogen-bond donors (Lipinski definition) is 1. The molecule has 1 rings (SSSR count). The SMILES string of the molecule is CN(C)CCNCc1ccnn1C.Cl.Cl. The molecule has 1 aromatic heterocycles. The van der Waals surface area contributed by atoms with E-state index in [4.69, 9.17) is 0 Å². The maximum Gasteiger partial charge on any atom is 0.0518 e. The second-order valence-corrected chi connectivity index (χ2v) is 3.43. The van der Waals surface area contributed by atoms with Crippen LogP contribution in [0.5, 0.6) is 0 Å². The maximum absolute atomic E-state index is 4.10. The second kappa shape index (κ2) is 8.97. The number of rotatable bonds is 5. The zero-order valence-electron chi connectivity index (χ0n) is 9.43. The number of likely N-dealkylation sites (N-methyl/N-ethyl adjacent to an activating group) is 1. The molecule has 1 aromatic rings. The highest BCUT2D eigenvalue weighted by molar-refractivity contribution is 5.85. The minimum Gasteiger partial charge on any atom is -0.310 e. The van der Waals surface area contributed by atoms with Gasteiger partial charge in [-0.3, -0.25) is 4.68 Å². The van der Waals surface area contributed by atoms with Gasteiger partial charge in [0.2, 0.25) is 0 Å². The van der Waals surface area contributed by atoms with Gasteiger partial charge in [0.05, 0.1) is 5.69 Å². The summed E-state index contributed by atoms with van der Waals surface area (Å²) in [6.07, 6.45) is 1.82. The van der Waals surface area contributed by atoms with E-state index in [1.54, 1.807) is 0 Å². The van der Waals surface area contributed by atoms with E-state index in [2.05, 4.69) is 29.4 Å². The number of aryl methyl sites for hydroxylation is 1.